The molecular weight excluding hydrogens is 459 g/mol. The lowest BCUT2D eigenvalue weighted by Crippen LogP contribution is -2.34. The third-order valence-electron chi connectivity index (χ3n) is 5.87. The van der Waals surface area contributed by atoms with Gasteiger partial charge in [-0.15, -0.1) is 0 Å². The third-order valence-corrected chi connectivity index (χ3v) is 7.05. The maximum absolute atomic E-state index is 13.5. The van der Waals surface area contributed by atoms with E-state index in [0.717, 1.165) is 24.8 Å². The van der Waals surface area contributed by atoms with Crippen molar-refractivity contribution in [1.82, 2.24) is 5.32 Å². The van der Waals surface area contributed by atoms with Gasteiger partial charge in [-0.05, 0) is 61.1 Å². The van der Waals surface area contributed by atoms with E-state index in [9.17, 15) is 17.6 Å². The van der Waals surface area contributed by atoms with E-state index in [-0.39, 0.29) is 25.0 Å². The Labute approximate surface area is 198 Å². The third kappa shape index (κ3) is 4.95. The SMILES string of the molecule is CCCOCCN(c1cc2oc(-c3ccc(F)cc3)c(C(=O)NC)c2cc1C1CC1)S(C)(=O)=O. The second kappa shape index (κ2) is 9.76. The van der Waals surface area contributed by atoms with E-state index in [1.807, 2.05) is 13.0 Å². The van der Waals surface area contributed by atoms with Gasteiger partial charge in [0.1, 0.15) is 17.2 Å². The molecular formula is C25H29FN2O5S. The van der Waals surface area contributed by atoms with Crippen molar-refractivity contribution < 1.29 is 26.8 Å². The smallest absolute Gasteiger partial charge is 0.255 e. The van der Waals surface area contributed by atoms with Gasteiger partial charge in [0.2, 0.25) is 10.0 Å². The Morgan fingerprint density at radius 3 is 2.50 bits per heavy atom. The summed E-state index contributed by atoms with van der Waals surface area (Å²) >= 11 is 0. The van der Waals surface area contributed by atoms with Gasteiger partial charge in [0.15, 0.2) is 0 Å². The molecule has 0 atom stereocenters. The van der Waals surface area contributed by atoms with E-state index in [4.69, 9.17) is 9.15 Å². The lowest BCUT2D eigenvalue weighted by molar-refractivity contribution is 0.0964. The number of anilines is 1. The molecule has 1 amide bonds. The summed E-state index contributed by atoms with van der Waals surface area (Å²) in [7, 11) is -2.06. The summed E-state index contributed by atoms with van der Waals surface area (Å²) < 4.78 is 52.0. The predicted molar refractivity (Wildman–Crippen MR) is 130 cm³/mol. The number of nitrogens with one attached hydrogen (secondary N) is 1. The van der Waals surface area contributed by atoms with E-state index < -0.39 is 15.8 Å². The Morgan fingerprint density at radius 2 is 1.91 bits per heavy atom. The number of fused-ring (bicyclic) bond motifs is 1. The minimum atomic E-state index is -3.59. The largest absolute Gasteiger partial charge is 0.455 e. The van der Waals surface area contributed by atoms with Crippen LogP contribution in [0.15, 0.2) is 40.8 Å². The van der Waals surface area contributed by atoms with Crippen molar-refractivity contribution in [3.63, 3.8) is 0 Å². The van der Waals surface area contributed by atoms with Gasteiger partial charge in [0.05, 0.1) is 30.7 Å². The number of rotatable bonds is 10. The first-order valence-corrected chi connectivity index (χ1v) is 13.2. The summed E-state index contributed by atoms with van der Waals surface area (Å²) in [5.74, 6) is -0.207. The van der Waals surface area contributed by atoms with Gasteiger partial charge < -0.3 is 14.5 Å². The Morgan fingerprint density at radius 1 is 1.21 bits per heavy atom. The van der Waals surface area contributed by atoms with Crippen molar-refractivity contribution in [2.24, 2.45) is 0 Å². The van der Waals surface area contributed by atoms with Crippen LogP contribution in [0, 0.1) is 5.82 Å². The Balaban J connectivity index is 1.89. The molecule has 9 heteroatoms. The Hall–Kier alpha value is -2.91. The summed E-state index contributed by atoms with van der Waals surface area (Å²) in [6, 6.07) is 9.28. The molecule has 1 fully saturated rings. The minimum Gasteiger partial charge on any atom is -0.455 e. The van der Waals surface area contributed by atoms with E-state index in [1.165, 1.54) is 29.7 Å². The van der Waals surface area contributed by atoms with Crippen molar-refractivity contribution in [2.45, 2.75) is 32.1 Å². The first kappa shape index (κ1) is 24.2. The number of nitrogens with zero attached hydrogens (tertiary/aromatic N) is 1. The van der Waals surface area contributed by atoms with Crippen molar-refractivity contribution in [3.05, 3.63) is 53.3 Å². The number of benzene rings is 2. The molecule has 1 aromatic heterocycles. The highest BCUT2D eigenvalue weighted by Gasteiger charge is 2.33. The van der Waals surface area contributed by atoms with Crippen LogP contribution in [0.25, 0.3) is 22.3 Å². The molecule has 1 N–H and O–H groups in total. The fourth-order valence-corrected chi connectivity index (χ4v) is 5.02. The molecule has 1 aliphatic carbocycles. The molecule has 0 bridgehead atoms. The average molecular weight is 489 g/mol. The molecule has 1 aliphatic rings. The van der Waals surface area contributed by atoms with E-state index in [0.29, 0.717) is 40.2 Å². The zero-order chi connectivity index (χ0) is 24.5. The number of carbonyl (C=O) groups is 1. The van der Waals surface area contributed by atoms with Crippen LogP contribution < -0.4 is 9.62 Å². The molecule has 0 radical (unpaired) electrons. The summed E-state index contributed by atoms with van der Waals surface area (Å²) in [6.45, 7) is 3.00. The summed E-state index contributed by atoms with van der Waals surface area (Å²) in [6.07, 6.45) is 3.91. The van der Waals surface area contributed by atoms with Crippen molar-refractivity contribution in [2.75, 3.05) is 37.4 Å². The van der Waals surface area contributed by atoms with E-state index in [1.54, 1.807) is 18.2 Å². The quantitative estimate of drug-likeness (QED) is 0.419. The van der Waals surface area contributed by atoms with Crippen molar-refractivity contribution >= 4 is 32.6 Å². The van der Waals surface area contributed by atoms with Gasteiger partial charge in [-0.2, -0.15) is 0 Å². The number of ether oxygens (including phenoxy) is 1. The minimum absolute atomic E-state index is 0.178. The van der Waals surface area contributed by atoms with Crippen LogP contribution in [0.4, 0.5) is 10.1 Å². The van der Waals surface area contributed by atoms with Crippen LogP contribution in [0.5, 0.6) is 0 Å². The van der Waals surface area contributed by atoms with Crippen LogP contribution in [0.3, 0.4) is 0 Å². The zero-order valence-electron chi connectivity index (χ0n) is 19.6. The molecule has 3 aromatic rings. The number of amides is 1. The molecule has 182 valence electrons. The predicted octanol–water partition coefficient (Wildman–Crippen LogP) is 4.67. The molecule has 0 spiro atoms. The number of sulfonamides is 1. The topological polar surface area (TPSA) is 88.8 Å². The highest BCUT2D eigenvalue weighted by molar-refractivity contribution is 7.92. The van der Waals surface area contributed by atoms with Crippen LogP contribution in [-0.2, 0) is 14.8 Å². The summed E-state index contributed by atoms with van der Waals surface area (Å²) in [5, 5.41) is 3.25. The summed E-state index contributed by atoms with van der Waals surface area (Å²) in [5.41, 5.74) is 2.69. The first-order valence-electron chi connectivity index (χ1n) is 11.4. The fourth-order valence-electron chi connectivity index (χ4n) is 4.10. The van der Waals surface area contributed by atoms with Gasteiger partial charge in [0.25, 0.3) is 5.91 Å². The van der Waals surface area contributed by atoms with Crippen molar-refractivity contribution in [1.29, 1.82) is 0 Å². The maximum Gasteiger partial charge on any atom is 0.255 e. The average Bonchev–Trinajstić information content (AvgIpc) is 3.58. The molecule has 0 saturated heterocycles. The zero-order valence-corrected chi connectivity index (χ0v) is 20.4. The van der Waals surface area contributed by atoms with Crippen molar-refractivity contribution in [3.8, 4) is 11.3 Å². The number of furan rings is 1. The van der Waals surface area contributed by atoms with Gasteiger partial charge >= 0.3 is 0 Å². The van der Waals surface area contributed by atoms with E-state index in [2.05, 4.69) is 5.32 Å². The summed E-state index contributed by atoms with van der Waals surface area (Å²) in [4.78, 5) is 12.9. The number of hydrogen-bond acceptors (Lipinski definition) is 5. The molecule has 1 heterocycles. The number of carbonyl (C=O) groups excluding carboxylic acids is 1. The monoisotopic (exact) mass is 488 g/mol. The Bertz CT molecular complexity index is 1300. The van der Waals surface area contributed by atoms with Gasteiger partial charge in [-0.1, -0.05) is 6.92 Å². The molecule has 0 aliphatic heterocycles. The van der Waals surface area contributed by atoms with E-state index >= 15 is 0 Å². The highest BCUT2D eigenvalue weighted by atomic mass is 32.2. The lowest BCUT2D eigenvalue weighted by atomic mass is 10.0. The van der Waals surface area contributed by atoms with Crippen LogP contribution in [0.2, 0.25) is 0 Å². The molecule has 1 saturated carbocycles. The molecule has 2 aromatic carbocycles. The molecule has 4 rings (SSSR count). The normalized spacial score (nSPS) is 13.9. The lowest BCUT2D eigenvalue weighted by Gasteiger charge is -2.25. The van der Waals surface area contributed by atoms with Crippen LogP contribution >= 0.6 is 0 Å². The first-order chi connectivity index (χ1) is 16.2. The van der Waals surface area contributed by atoms with Crippen LogP contribution in [0.1, 0.15) is 48.0 Å². The maximum atomic E-state index is 13.5. The Kier molecular flexibility index (Phi) is 6.95. The van der Waals surface area contributed by atoms with Crippen LogP contribution in [-0.4, -0.2) is 47.4 Å². The van der Waals surface area contributed by atoms with Gasteiger partial charge in [0, 0.05) is 30.7 Å². The highest BCUT2D eigenvalue weighted by Crippen LogP contribution is 2.48. The molecule has 34 heavy (non-hydrogen) atoms. The number of hydrogen-bond donors (Lipinski definition) is 1. The standard InChI is InChI=1S/C25H29FN2O5S/c1-4-12-32-13-11-28(34(3,30)31)21-15-22-20(14-19(21)16-5-6-16)23(25(29)27-2)24(33-22)17-7-9-18(26)10-8-17/h7-10,14-16H,4-6,11-13H2,1-3H3,(H,27,29). The second-order valence-corrected chi connectivity index (χ2v) is 10.4. The fraction of sp³-hybridized carbons (Fsp3) is 0.400. The second-order valence-electron chi connectivity index (χ2n) is 8.52. The molecule has 7 nitrogen and oxygen atoms in total. The number of halogens is 1. The van der Waals surface area contributed by atoms with Gasteiger partial charge in [-0.3, -0.25) is 9.10 Å². The molecule has 0 unspecified atom stereocenters. The van der Waals surface area contributed by atoms with Gasteiger partial charge in [-0.25, -0.2) is 12.8 Å².